The molecule has 0 unspecified atom stereocenters. The fourth-order valence-corrected chi connectivity index (χ4v) is 9.37. The lowest BCUT2D eigenvalue weighted by atomic mass is 9.94. The van der Waals surface area contributed by atoms with Crippen LogP contribution in [-0.4, -0.2) is 81.9 Å². The SMILES string of the molecule is CC(C)(C)C(=O)N[C@H]1CCCCC/C=C\[C@H]2C[C@@]2(C(=O)NS(=O)(=O)C2(C)CC2)NC(=O)[C@@H]2C[C@@H](Oc3nc(-c4ccc(C(F)(F)F)cc4)nc4c3oc3ccccc34)CN2C1=O. The summed E-state index contributed by atoms with van der Waals surface area (Å²) in [7, 11) is -4.06. The highest BCUT2D eigenvalue weighted by Gasteiger charge is 2.63. The van der Waals surface area contributed by atoms with Crippen molar-refractivity contribution in [2.24, 2.45) is 11.3 Å². The van der Waals surface area contributed by atoms with Crippen LogP contribution in [0, 0.1) is 11.3 Å². The smallest absolute Gasteiger partial charge is 0.416 e. The molecule has 330 valence electrons. The van der Waals surface area contributed by atoms with Crippen LogP contribution < -0.4 is 20.1 Å². The maximum absolute atomic E-state index is 14.7. The normalized spacial score (nSPS) is 26.1. The van der Waals surface area contributed by atoms with E-state index in [0.717, 1.165) is 25.0 Å². The minimum atomic E-state index is -4.57. The first-order valence-corrected chi connectivity index (χ1v) is 22.4. The highest BCUT2D eigenvalue weighted by molar-refractivity contribution is 7.91. The van der Waals surface area contributed by atoms with Crippen LogP contribution in [0.3, 0.4) is 0 Å². The Bertz CT molecular complexity index is 2580. The summed E-state index contributed by atoms with van der Waals surface area (Å²) < 4.78 is 80.7. The third-order valence-corrected chi connectivity index (χ3v) is 14.6. The number of fused-ring (bicyclic) bond motifs is 5. The van der Waals surface area contributed by atoms with Crippen molar-refractivity contribution in [1.82, 2.24) is 30.2 Å². The maximum atomic E-state index is 14.7. The average Bonchev–Trinajstić information content (AvgIpc) is 4.03. The molecule has 14 nitrogen and oxygen atoms in total. The van der Waals surface area contributed by atoms with Gasteiger partial charge in [0, 0.05) is 28.7 Å². The number of furan rings is 1. The fraction of sp³-hybridized carbons (Fsp3) is 0.500. The first-order chi connectivity index (χ1) is 29.2. The van der Waals surface area contributed by atoms with Crippen molar-refractivity contribution < 1.29 is 49.9 Å². The Labute approximate surface area is 356 Å². The predicted octanol–water partition coefficient (Wildman–Crippen LogP) is 6.33. The number of sulfonamides is 1. The molecule has 4 aliphatic rings. The minimum absolute atomic E-state index is 0.0372. The summed E-state index contributed by atoms with van der Waals surface area (Å²) in [5.41, 5.74) is -2.16. The molecule has 8 rings (SSSR count). The number of nitrogens with zero attached hydrogens (tertiary/aromatic N) is 3. The van der Waals surface area contributed by atoms with E-state index in [1.165, 1.54) is 17.0 Å². The fourth-order valence-electron chi connectivity index (χ4n) is 8.06. The van der Waals surface area contributed by atoms with Gasteiger partial charge in [-0.3, -0.25) is 23.9 Å². The maximum Gasteiger partial charge on any atom is 0.416 e. The number of alkyl halides is 3. The zero-order chi connectivity index (χ0) is 44.4. The van der Waals surface area contributed by atoms with E-state index in [9.17, 15) is 40.8 Å². The molecule has 4 amide bonds. The van der Waals surface area contributed by atoms with Crippen LogP contribution in [-0.2, 0) is 35.4 Å². The molecule has 3 fully saturated rings. The van der Waals surface area contributed by atoms with Gasteiger partial charge in [-0.2, -0.15) is 18.2 Å². The topological polar surface area (TPSA) is 190 Å². The van der Waals surface area contributed by atoms with Crippen molar-refractivity contribution in [3.05, 3.63) is 66.2 Å². The summed E-state index contributed by atoms with van der Waals surface area (Å²) >= 11 is 0. The second-order valence-corrected chi connectivity index (χ2v) is 20.4. The first kappa shape index (κ1) is 43.1. The van der Waals surface area contributed by atoms with Crippen LogP contribution in [0.2, 0.25) is 0 Å². The molecular formula is C44H49F3N6O8S. The Morgan fingerprint density at radius 3 is 2.42 bits per heavy atom. The number of allylic oxidation sites excluding steroid dienone is 1. The molecule has 2 aliphatic heterocycles. The predicted molar refractivity (Wildman–Crippen MR) is 222 cm³/mol. The number of carbonyl (C=O) groups is 4. The van der Waals surface area contributed by atoms with Crippen molar-refractivity contribution in [2.45, 2.75) is 120 Å². The van der Waals surface area contributed by atoms with Crippen molar-refractivity contribution in [3.8, 4) is 17.3 Å². The molecule has 2 aromatic heterocycles. The molecular weight excluding hydrogens is 830 g/mol. The highest BCUT2D eigenvalue weighted by atomic mass is 32.2. The van der Waals surface area contributed by atoms with E-state index in [2.05, 4.69) is 25.3 Å². The van der Waals surface area contributed by atoms with Gasteiger partial charge in [0.25, 0.3) is 11.8 Å². The van der Waals surface area contributed by atoms with Crippen LogP contribution in [0.5, 0.6) is 5.88 Å². The molecule has 3 N–H and O–H groups in total. The molecule has 2 aliphatic carbocycles. The minimum Gasteiger partial charge on any atom is -0.470 e. The number of halogens is 3. The number of para-hydroxylation sites is 1. The third kappa shape index (κ3) is 8.37. The first-order valence-electron chi connectivity index (χ1n) is 20.9. The summed E-state index contributed by atoms with van der Waals surface area (Å²) in [6, 6.07) is 9.08. The zero-order valence-electron chi connectivity index (χ0n) is 34.8. The summed E-state index contributed by atoms with van der Waals surface area (Å²) in [5, 5.41) is 6.35. The third-order valence-electron chi connectivity index (χ3n) is 12.4. The molecule has 0 spiro atoms. The lowest BCUT2D eigenvalue weighted by Crippen LogP contribution is -2.59. The van der Waals surface area contributed by atoms with Gasteiger partial charge in [-0.15, -0.1) is 0 Å². The van der Waals surface area contributed by atoms with Crippen molar-refractivity contribution in [2.75, 3.05) is 6.54 Å². The number of amides is 4. The Morgan fingerprint density at radius 1 is 1.00 bits per heavy atom. The monoisotopic (exact) mass is 878 g/mol. The van der Waals surface area contributed by atoms with Gasteiger partial charge in [0.05, 0.1) is 16.9 Å². The molecule has 1 saturated heterocycles. The van der Waals surface area contributed by atoms with Gasteiger partial charge in [-0.25, -0.2) is 13.4 Å². The Kier molecular flexibility index (Phi) is 10.9. The molecule has 4 aromatic rings. The van der Waals surface area contributed by atoms with Gasteiger partial charge >= 0.3 is 6.18 Å². The van der Waals surface area contributed by atoms with Crippen LogP contribution in [0.15, 0.2) is 65.1 Å². The highest BCUT2D eigenvalue weighted by Crippen LogP contribution is 2.48. The number of hydrogen-bond donors (Lipinski definition) is 3. The summed E-state index contributed by atoms with van der Waals surface area (Å²) in [4.78, 5) is 67.3. The Hall–Kier alpha value is -5.52. The number of carbonyl (C=O) groups excluding carboxylic acids is 4. The van der Waals surface area contributed by atoms with Gasteiger partial charge in [0.15, 0.2) is 5.82 Å². The largest absolute Gasteiger partial charge is 0.470 e. The second-order valence-electron chi connectivity index (χ2n) is 18.2. The number of nitrogens with one attached hydrogen (secondary N) is 3. The van der Waals surface area contributed by atoms with E-state index in [1.54, 1.807) is 52.0 Å². The zero-order valence-corrected chi connectivity index (χ0v) is 35.6. The summed E-state index contributed by atoms with van der Waals surface area (Å²) in [6.45, 7) is 6.56. The number of benzene rings is 2. The average molecular weight is 879 g/mol. The van der Waals surface area contributed by atoms with E-state index in [0.29, 0.717) is 42.2 Å². The molecule has 2 saturated carbocycles. The molecule has 62 heavy (non-hydrogen) atoms. The van der Waals surface area contributed by atoms with Gasteiger partial charge < -0.3 is 24.7 Å². The lowest BCUT2D eigenvalue weighted by molar-refractivity contribution is -0.143. The number of hydrogen-bond acceptors (Lipinski definition) is 10. The molecule has 0 radical (unpaired) electrons. The van der Waals surface area contributed by atoms with Gasteiger partial charge in [0.1, 0.15) is 34.8 Å². The van der Waals surface area contributed by atoms with Crippen molar-refractivity contribution in [1.29, 1.82) is 0 Å². The quantitative estimate of drug-likeness (QED) is 0.177. The van der Waals surface area contributed by atoms with Gasteiger partial charge in [-0.1, -0.05) is 70.0 Å². The Morgan fingerprint density at radius 2 is 1.73 bits per heavy atom. The van der Waals surface area contributed by atoms with E-state index >= 15 is 0 Å². The lowest BCUT2D eigenvalue weighted by Gasteiger charge is -2.31. The van der Waals surface area contributed by atoms with Gasteiger partial charge in [0.2, 0.25) is 33.3 Å². The summed E-state index contributed by atoms with van der Waals surface area (Å²) in [5.74, 6) is -3.04. The van der Waals surface area contributed by atoms with Crippen molar-refractivity contribution >= 4 is 55.7 Å². The van der Waals surface area contributed by atoms with Crippen LogP contribution >= 0.6 is 0 Å². The summed E-state index contributed by atoms with van der Waals surface area (Å²) in [6.07, 6.45) is 2.04. The van der Waals surface area contributed by atoms with Crippen LogP contribution in [0.25, 0.3) is 33.5 Å². The number of ether oxygens (including phenoxy) is 1. The van der Waals surface area contributed by atoms with Crippen LogP contribution in [0.1, 0.15) is 91.0 Å². The van der Waals surface area contributed by atoms with E-state index in [4.69, 9.17) is 9.15 Å². The Balaban J connectivity index is 1.16. The molecule has 0 bridgehead atoms. The molecule has 4 heterocycles. The molecule has 18 heteroatoms. The molecule has 5 atom stereocenters. The standard InChI is InChI=1S/C44H49F3N6O8S/c1-41(2,3)39(56)48-30-14-9-7-5-6-8-12-27-23-43(27,40(57)52-62(58,59)42(4)20-21-42)51-36(54)31-22-28(24-53(31)38(30)55)60-37-34-33(29-13-10-11-15-32(29)61-34)49-35(50-37)25-16-18-26(19-17-25)44(45,46)47/h8,10-13,15-19,27-28,30-31H,5-7,9,14,20-24H2,1-4H3,(H,48,56)(H,51,54)(H,52,57)/b12-8-/t27-,28+,30-,31-,43+/m0/s1. The van der Waals surface area contributed by atoms with E-state index < -0.39 is 79.3 Å². The molecule has 2 aromatic carbocycles. The van der Waals surface area contributed by atoms with E-state index in [-0.39, 0.29) is 54.6 Å². The number of rotatable bonds is 7. The van der Waals surface area contributed by atoms with Crippen molar-refractivity contribution in [3.63, 3.8) is 0 Å². The second kappa shape index (κ2) is 15.7. The number of aromatic nitrogens is 2. The van der Waals surface area contributed by atoms with Crippen LogP contribution in [0.4, 0.5) is 13.2 Å². The van der Waals surface area contributed by atoms with Gasteiger partial charge in [-0.05, 0) is 69.7 Å². The van der Waals surface area contributed by atoms with E-state index in [1.807, 2.05) is 12.2 Å².